The average molecular weight is 230 g/mol. The van der Waals surface area contributed by atoms with Crippen LogP contribution in [0.2, 0.25) is 0 Å². The molecular formula is C15H15FO. The van der Waals surface area contributed by atoms with Crippen LogP contribution in [0.3, 0.4) is 0 Å². The summed E-state index contributed by atoms with van der Waals surface area (Å²) in [4.78, 5) is 0. The lowest BCUT2D eigenvalue weighted by molar-refractivity contribution is 0.0688. The van der Waals surface area contributed by atoms with Gasteiger partial charge in [-0.15, -0.1) is 0 Å². The first-order chi connectivity index (χ1) is 8.24. The summed E-state index contributed by atoms with van der Waals surface area (Å²) in [5.74, 6) is 0. The van der Waals surface area contributed by atoms with E-state index < -0.39 is 12.3 Å². The summed E-state index contributed by atoms with van der Waals surface area (Å²) in [7, 11) is 0. The van der Waals surface area contributed by atoms with Crippen LogP contribution in [0.25, 0.3) is 0 Å². The highest BCUT2D eigenvalue weighted by Crippen LogP contribution is 2.29. The summed E-state index contributed by atoms with van der Waals surface area (Å²) in [5.41, 5.74) is -0.304. The molecule has 2 aromatic carbocycles. The third-order valence-corrected chi connectivity index (χ3v) is 2.87. The van der Waals surface area contributed by atoms with Crippen molar-refractivity contribution in [3.05, 3.63) is 71.8 Å². The topological polar surface area (TPSA) is 20.2 Å². The standard InChI is InChI=1S/C15H15FO/c16-15(12-17,14-9-5-2-6-10-14)11-13-7-3-1-4-8-13/h1-10,17H,11-12H2/t15-/m1/s1. The molecule has 0 aliphatic heterocycles. The molecule has 0 unspecified atom stereocenters. The van der Waals surface area contributed by atoms with E-state index in [4.69, 9.17) is 0 Å². The van der Waals surface area contributed by atoms with E-state index in [1.54, 1.807) is 24.3 Å². The molecule has 1 atom stereocenters. The smallest absolute Gasteiger partial charge is 0.162 e. The fraction of sp³-hybridized carbons (Fsp3) is 0.200. The first kappa shape index (κ1) is 11.8. The van der Waals surface area contributed by atoms with Crippen LogP contribution in [0.4, 0.5) is 4.39 Å². The number of rotatable bonds is 4. The highest BCUT2D eigenvalue weighted by molar-refractivity contribution is 5.27. The van der Waals surface area contributed by atoms with Crippen molar-refractivity contribution in [1.29, 1.82) is 0 Å². The average Bonchev–Trinajstić information content (AvgIpc) is 2.41. The van der Waals surface area contributed by atoms with Crippen LogP contribution in [0.5, 0.6) is 0 Å². The minimum absolute atomic E-state index is 0.189. The molecule has 0 amide bonds. The zero-order valence-corrected chi connectivity index (χ0v) is 9.51. The van der Waals surface area contributed by atoms with Gasteiger partial charge in [0.15, 0.2) is 5.67 Å². The lowest BCUT2D eigenvalue weighted by Gasteiger charge is -2.23. The van der Waals surface area contributed by atoms with Crippen molar-refractivity contribution in [2.75, 3.05) is 6.61 Å². The second-order valence-electron chi connectivity index (χ2n) is 4.15. The first-order valence-electron chi connectivity index (χ1n) is 5.64. The molecule has 88 valence electrons. The molecule has 0 saturated carbocycles. The molecule has 0 heterocycles. The second-order valence-corrected chi connectivity index (χ2v) is 4.15. The monoisotopic (exact) mass is 230 g/mol. The van der Waals surface area contributed by atoms with Crippen LogP contribution in [-0.2, 0) is 12.1 Å². The van der Waals surface area contributed by atoms with Gasteiger partial charge in [-0.2, -0.15) is 0 Å². The minimum atomic E-state index is -1.71. The maximum atomic E-state index is 14.7. The van der Waals surface area contributed by atoms with Crippen molar-refractivity contribution in [2.45, 2.75) is 12.1 Å². The Hall–Kier alpha value is -1.67. The highest BCUT2D eigenvalue weighted by Gasteiger charge is 2.31. The molecular weight excluding hydrogens is 215 g/mol. The highest BCUT2D eigenvalue weighted by atomic mass is 19.1. The van der Waals surface area contributed by atoms with Crippen molar-refractivity contribution < 1.29 is 9.50 Å². The molecule has 0 aliphatic rings. The van der Waals surface area contributed by atoms with E-state index >= 15 is 0 Å². The van der Waals surface area contributed by atoms with Crippen molar-refractivity contribution in [3.8, 4) is 0 Å². The largest absolute Gasteiger partial charge is 0.393 e. The van der Waals surface area contributed by atoms with Crippen LogP contribution >= 0.6 is 0 Å². The molecule has 1 N–H and O–H groups in total. The van der Waals surface area contributed by atoms with E-state index in [1.165, 1.54) is 0 Å². The number of halogens is 1. The van der Waals surface area contributed by atoms with Crippen LogP contribution in [0.1, 0.15) is 11.1 Å². The van der Waals surface area contributed by atoms with Gasteiger partial charge in [0.25, 0.3) is 0 Å². The van der Waals surface area contributed by atoms with Crippen molar-refractivity contribution in [1.82, 2.24) is 0 Å². The third-order valence-electron chi connectivity index (χ3n) is 2.87. The van der Waals surface area contributed by atoms with Crippen molar-refractivity contribution in [3.63, 3.8) is 0 Å². The zero-order chi connectivity index (χ0) is 12.1. The summed E-state index contributed by atoms with van der Waals surface area (Å²) in [6.45, 7) is -0.508. The Balaban J connectivity index is 2.27. The molecule has 0 fully saturated rings. The van der Waals surface area contributed by atoms with Crippen LogP contribution < -0.4 is 0 Å². The van der Waals surface area contributed by atoms with Gasteiger partial charge in [-0.25, -0.2) is 4.39 Å². The molecule has 17 heavy (non-hydrogen) atoms. The predicted octanol–water partition coefficient (Wildman–Crippen LogP) is 3.09. The van der Waals surface area contributed by atoms with E-state index in [-0.39, 0.29) is 6.42 Å². The molecule has 2 rings (SSSR count). The number of aliphatic hydroxyl groups excluding tert-OH is 1. The lowest BCUT2D eigenvalue weighted by atomic mass is 9.90. The minimum Gasteiger partial charge on any atom is -0.393 e. The normalized spacial score (nSPS) is 14.2. The number of hydrogen-bond acceptors (Lipinski definition) is 1. The van der Waals surface area contributed by atoms with E-state index in [2.05, 4.69) is 0 Å². The van der Waals surface area contributed by atoms with Gasteiger partial charge >= 0.3 is 0 Å². The van der Waals surface area contributed by atoms with Gasteiger partial charge in [0.1, 0.15) is 0 Å². The molecule has 1 nitrogen and oxygen atoms in total. The maximum Gasteiger partial charge on any atom is 0.162 e. The number of alkyl halides is 1. The van der Waals surface area contributed by atoms with Crippen molar-refractivity contribution >= 4 is 0 Å². The van der Waals surface area contributed by atoms with E-state index in [0.717, 1.165) is 5.56 Å². The van der Waals surface area contributed by atoms with E-state index in [9.17, 15) is 9.50 Å². The van der Waals surface area contributed by atoms with E-state index in [1.807, 2.05) is 36.4 Å². The Bertz CT molecular complexity index is 455. The van der Waals surface area contributed by atoms with Gasteiger partial charge in [0.2, 0.25) is 0 Å². The number of hydrogen-bond donors (Lipinski definition) is 1. The molecule has 0 radical (unpaired) electrons. The second kappa shape index (κ2) is 5.11. The van der Waals surface area contributed by atoms with Gasteiger partial charge in [0.05, 0.1) is 6.61 Å². The summed E-state index contributed by atoms with van der Waals surface area (Å²) in [6, 6.07) is 18.2. The van der Waals surface area contributed by atoms with Gasteiger partial charge in [-0.3, -0.25) is 0 Å². The number of aliphatic hydroxyl groups is 1. The summed E-state index contributed by atoms with van der Waals surface area (Å²) in [5, 5.41) is 9.33. The predicted molar refractivity (Wildman–Crippen MR) is 66.5 cm³/mol. The van der Waals surface area contributed by atoms with Gasteiger partial charge < -0.3 is 5.11 Å². The van der Waals surface area contributed by atoms with Gasteiger partial charge in [-0.1, -0.05) is 60.7 Å². The molecule has 0 spiro atoms. The van der Waals surface area contributed by atoms with E-state index in [0.29, 0.717) is 5.56 Å². The van der Waals surface area contributed by atoms with Crippen molar-refractivity contribution in [2.24, 2.45) is 0 Å². The Morgan fingerprint density at radius 3 is 1.94 bits per heavy atom. The molecule has 0 aromatic heterocycles. The molecule has 2 aromatic rings. The maximum absolute atomic E-state index is 14.7. The zero-order valence-electron chi connectivity index (χ0n) is 9.51. The fourth-order valence-corrected chi connectivity index (χ4v) is 1.91. The van der Waals surface area contributed by atoms with Crippen LogP contribution in [0, 0.1) is 0 Å². The SMILES string of the molecule is OC[C@](F)(Cc1ccccc1)c1ccccc1. The van der Waals surface area contributed by atoms with Gasteiger partial charge in [-0.05, 0) is 11.1 Å². The summed E-state index contributed by atoms with van der Waals surface area (Å²) in [6.07, 6.45) is 0.189. The molecule has 0 aliphatic carbocycles. The Morgan fingerprint density at radius 2 is 1.41 bits per heavy atom. The molecule has 2 heteroatoms. The lowest BCUT2D eigenvalue weighted by Crippen LogP contribution is -2.27. The quantitative estimate of drug-likeness (QED) is 0.855. The molecule has 0 bridgehead atoms. The first-order valence-corrected chi connectivity index (χ1v) is 5.64. The summed E-state index contributed by atoms with van der Waals surface area (Å²) >= 11 is 0. The Labute approximate surface area is 101 Å². The Kier molecular flexibility index (Phi) is 3.55. The van der Waals surface area contributed by atoms with Gasteiger partial charge in [0, 0.05) is 6.42 Å². The van der Waals surface area contributed by atoms with Crippen LogP contribution in [0.15, 0.2) is 60.7 Å². The fourth-order valence-electron chi connectivity index (χ4n) is 1.91. The number of benzene rings is 2. The Morgan fingerprint density at radius 1 is 0.882 bits per heavy atom. The molecule has 0 saturated heterocycles. The van der Waals surface area contributed by atoms with Crippen LogP contribution in [-0.4, -0.2) is 11.7 Å². The third kappa shape index (κ3) is 2.71. The summed E-state index contributed by atoms with van der Waals surface area (Å²) < 4.78 is 14.7.